The van der Waals surface area contributed by atoms with Crippen LogP contribution in [-0.4, -0.2) is 19.8 Å². The lowest BCUT2D eigenvalue weighted by Gasteiger charge is -2.44. The highest BCUT2D eigenvalue weighted by molar-refractivity contribution is 5.44. The number of hydrogen-bond acceptors (Lipinski definition) is 2. The van der Waals surface area contributed by atoms with Crippen LogP contribution in [0, 0.1) is 20.8 Å². The predicted octanol–water partition coefficient (Wildman–Crippen LogP) is 2.62. The van der Waals surface area contributed by atoms with Gasteiger partial charge >= 0.3 is 0 Å². The Bertz CT molecular complexity index is 384. The van der Waals surface area contributed by atoms with E-state index < -0.39 is 0 Å². The van der Waals surface area contributed by atoms with Crippen LogP contribution in [0.2, 0.25) is 0 Å². The van der Waals surface area contributed by atoms with Gasteiger partial charge in [0.1, 0.15) is 0 Å². The molecule has 0 atom stereocenters. The number of nitrogens with two attached hydrogens (primary N) is 1. The zero-order valence-electron chi connectivity index (χ0n) is 11.2. The van der Waals surface area contributed by atoms with E-state index in [2.05, 4.69) is 32.9 Å². The molecule has 0 amide bonds. The Kier molecular flexibility index (Phi) is 3.55. The Hall–Kier alpha value is -0.860. The first kappa shape index (κ1) is 12.6. The first-order chi connectivity index (χ1) is 8.09. The fourth-order valence-corrected chi connectivity index (χ4v) is 3.22. The smallest absolute Gasteiger partial charge is 0.0585 e. The first-order valence-electron chi connectivity index (χ1n) is 6.45. The zero-order valence-corrected chi connectivity index (χ0v) is 11.2. The molecule has 0 bridgehead atoms. The standard InChI is InChI=1S/C15H23NO/c1-11-7-12(2)14(13(3)8-11)15(5-4-6-16)9-17-10-15/h7-8H,4-6,9-10,16H2,1-3H3. The Morgan fingerprint density at radius 1 is 1.18 bits per heavy atom. The van der Waals surface area contributed by atoms with Crippen molar-refractivity contribution in [2.24, 2.45) is 5.73 Å². The van der Waals surface area contributed by atoms with Gasteiger partial charge in [-0.3, -0.25) is 0 Å². The average Bonchev–Trinajstić information content (AvgIpc) is 2.19. The van der Waals surface area contributed by atoms with E-state index in [-0.39, 0.29) is 5.41 Å². The Morgan fingerprint density at radius 3 is 2.18 bits per heavy atom. The molecule has 0 unspecified atom stereocenters. The van der Waals surface area contributed by atoms with E-state index in [0.717, 1.165) is 32.6 Å². The lowest BCUT2D eigenvalue weighted by atomic mass is 9.71. The molecule has 0 saturated carbocycles. The summed E-state index contributed by atoms with van der Waals surface area (Å²) >= 11 is 0. The highest BCUT2D eigenvalue weighted by atomic mass is 16.5. The molecule has 94 valence electrons. The van der Waals surface area contributed by atoms with Gasteiger partial charge in [0.15, 0.2) is 0 Å². The van der Waals surface area contributed by atoms with Gasteiger partial charge in [0.05, 0.1) is 13.2 Å². The van der Waals surface area contributed by atoms with Crippen LogP contribution < -0.4 is 5.73 Å². The van der Waals surface area contributed by atoms with Crippen molar-refractivity contribution in [3.63, 3.8) is 0 Å². The molecule has 1 fully saturated rings. The Morgan fingerprint density at radius 2 is 1.76 bits per heavy atom. The maximum atomic E-state index is 5.65. The average molecular weight is 233 g/mol. The molecular weight excluding hydrogens is 210 g/mol. The van der Waals surface area contributed by atoms with Crippen molar-refractivity contribution in [1.29, 1.82) is 0 Å². The summed E-state index contributed by atoms with van der Waals surface area (Å²) in [5.41, 5.74) is 11.5. The molecule has 2 heteroatoms. The highest BCUT2D eigenvalue weighted by Gasteiger charge is 2.41. The monoisotopic (exact) mass is 233 g/mol. The highest BCUT2D eigenvalue weighted by Crippen LogP contribution is 2.40. The van der Waals surface area contributed by atoms with Gasteiger partial charge in [0.2, 0.25) is 0 Å². The van der Waals surface area contributed by atoms with Crippen LogP contribution in [0.5, 0.6) is 0 Å². The third-order valence-electron chi connectivity index (χ3n) is 3.82. The second-order valence-corrected chi connectivity index (χ2v) is 5.44. The van der Waals surface area contributed by atoms with Gasteiger partial charge in [-0.25, -0.2) is 0 Å². The van der Waals surface area contributed by atoms with E-state index in [1.165, 1.54) is 22.3 Å². The van der Waals surface area contributed by atoms with Crippen LogP contribution in [0.15, 0.2) is 12.1 Å². The number of aryl methyl sites for hydroxylation is 3. The molecule has 2 nitrogen and oxygen atoms in total. The third kappa shape index (κ3) is 2.24. The van der Waals surface area contributed by atoms with Gasteiger partial charge in [-0.2, -0.15) is 0 Å². The first-order valence-corrected chi connectivity index (χ1v) is 6.45. The van der Waals surface area contributed by atoms with Crippen LogP contribution in [0.1, 0.15) is 35.1 Å². The summed E-state index contributed by atoms with van der Waals surface area (Å²) in [4.78, 5) is 0. The van der Waals surface area contributed by atoms with E-state index >= 15 is 0 Å². The summed E-state index contributed by atoms with van der Waals surface area (Å²) in [6, 6.07) is 4.57. The van der Waals surface area contributed by atoms with Crippen LogP contribution in [0.25, 0.3) is 0 Å². The molecule has 0 aliphatic carbocycles. The zero-order chi connectivity index (χ0) is 12.5. The molecule has 1 aliphatic rings. The molecule has 1 aromatic rings. The molecule has 1 aromatic carbocycles. The SMILES string of the molecule is Cc1cc(C)c(C2(CCCN)COC2)c(C)c1. The summed E-state index contributed by atoms with van der Waals surface area (Å²) in [5, 5.41) is 0. The normalized spacial score (nSPS) is 17.9. The topological polar surface area (TPSA) is 35.2 Å². The van der Waals surface area contributed by atoms with E-state index in [9.17, 15) is 0 Å². The quantitative estimate of drug-likeness (QED) is 0.867. The molecule has 0 radical (unpaired) electrons. The van der Waals surface area contributed by atoms with Crippen molar-refractivity contribution in [3.05, 3.63) is 34.4 Å². The fourth-order valence-electron chi connectivity index (χ4n) is 3.22. The lowest BCUT2D eigenvalue weighted by molar-refractivity contribution is -0.0655. The van der Waals surface area contributed by atoms with Crippen molar-refractivity contribution in [1.82, 2.24) is 0 Å². The summed E-state index contributed by atoms with van der Waals surface area (Å²) in [7, 11) is 0. The minimum absolute atomic E-state index is 0.237. The van der Waals surface area contributed by atoms with E-state index in [0.29, 0.717) is 0 Å². The Balaban J connectivity index is 2.37. The summed E-state index contributed by atoms with van der Waals surface area (Å²) < 4.78 is 5.49. The molecule has 1 saturated heterocycles. The predicted molar refractivity (Wildman–Crippen MR) is 71.4 cm³/mol. The number of rotatable bonds is 4. The molecule has 2 rings (SSSR count). The van der Waals surface area contributed by atoms with Gasteiger partial charge in [0, 0.05) is 5.41 Å². The van der Waals surface area contributed by atoms with Crippen molar-refractivity contribution in [2.45, 2.75) is 39.0 Å². The number of hydrogen-bond donors (Lipinski definition) is 1. The fraction of sp³-hybridized carbons (Fsp3) is 0.600. The third-order valence-corrected chi connectivity index (χ3v) is 3.82. The Labute approximate surface area is 104 Å². The summed E-state index contributed by atoms with van der Waals surface area (Å²) in [5.74, 6) is 0. The maximum Gasteiger partial charge on any atom is 0.0585 e. The molecule has 1 aliphatic heterocycles. The maximum absolute atomic E-state index is 5.65. The minimum Gasteiger partial charge on any atom is -0.379 e. The largest absolute Gasteiger partial charge is 0.379 e. The summed E-state index contributed by atoms with van der Waals surface area (Å²) in [6.45, 7) is 9.09. The van der Waals surface area contributed by atoms with Crippen LogP contribution in [0.3, 0.4) is 0 Å². The van der Waals surface area contributed by atoms with Crippen molar-refractivity contribution in [3.8, 4) is 0 Å². The molecular formula is C15H23NO. The van der Waals surface area contributed by atoms with Gasteiger partial charge in [-0.15, -0.1) is 0 Å². The lowest BCUT2D eigenvalue weighted by Crippen LogP contribution is -2.48. The van der Waals surface area contributed by atoms with Crippen LogP contribution in [-0.2, 0) is 10.2 Å². The number of benzene rings is 1. The van der Waals surface area contributed by atoms with Crippen molar-refractivity contribution in [2.75, 3.05) is 19.8 Å². The van der Waals surface area contributed by atoms with Crippen LogP contribution in [0.4, 0.5) is 0 Å². The van der Waals surface area contributed by atoms with Gasteiger partial charge in [0.25, 0.3) is 0 Å². The molecule has 17 heavy (non-hydrogen) atoms. The van der Waals surface area contributed by atoms with Gasteiger partial charge in [-0.05, 0) is 56.8 Å². The molecule has 0 spiro atoms. The molecule has 1 heterocycles. The van der Waals surface area contributed by atoms with Crippen molar-refractivity contribution >= 4 is 0 Å². The van der Waals surface area contributed by atoms with Gasteiger partial charge in [-0.1, -0.05) is 17.7 Å². The molecule has 2 N–H and O–H groups in total. The van der Waals surface area contributed by atoms with E-state index in [1.54, 1.807) is 0 Å². The molecule has 0 aromatic heterocycles. The van der Waals surface area contributed by atoms with E-state index in [1.807, 2.05) is 0 Å². The van der Waals surface area contributed by atoms with E-state index in [4.69, 9.17) is 10.5 Å². The number of ether oxygens (including phenoxy) is 1. The summed E-state index contributed by atoms with van der Waals surface area (Å²) in [6.07, 6.45) is 2.23. The minimum atomic E-state index is 0.237. The van der Waals surface area contributed by atoms with Crippen molar-refractivity contribution < 1.29 is 4.74 Å². The second-order valence-electron chi connectivity index (χ2n) is 5.44. The van der Waals surface area contributed by atoms with Crippen LogP contribution >= 0.6 is 0 Å². The van der Waals surface area contributed by atoms with Gasteiger partial charge < -0.3 is 10.5 Å². The second kappa shape index (κ2) is 4.79.